The number of hydrogen-bond acceptors (Lipinski definition) is 1. The van der Waals surface area contributed by atoms with Crippen molar-refractivity contribution in [1.82, 2.24) is 0 Å². The predicted octanol–water partition coefficient (Wildman–Crippen LogP) is 5.80. The Morgan fingerprint density at radius 1 is 0.741 bits per heavy atom. The molecule has 5 rings (SSSR count). The number of carboxylic acids is 1. The van der Waals surface area contributed by atoms with Crippen LogP contribution in [0, 0.1) is 0 Å². The SMILES string of the molecule is C1=Cc2ccc3c(c2CC1)CCc1ccccc1-3.O=C(O)c1ccccc1. The van der Waals surface area contributed by atoms with Crippen LogP contribution in [0.5, 0.6) is 0 Å². The van der Waals surface area contributed by atoms with Gasteiger partial charge in [0.15, 0.2) is 0 Å². The molecule has 2 aliphatic carbocycles. The summed E-state index contributed by atoms with van der Waals surface area (Å²) in [4.78, 5) is 10.2. The topological polar surface area (TPSA) is 37.3 Å². The molecule has 134 valence electrons. The van der Waals surface area contributed by atoms with Crippen molar-refractivity contribution in [1.29, 1.82) is 0 Å². The van der Waals surface area contributed by atoms with Crippen LogP contribution in [0.1, 0.15) is 39.0 Å². The van der Waals surface area contributed by atoms with Gasteiger partial charge in [0.2, 0.25) is 0 Å². The lowest BCUT2D eigenvalue weighted by Crippen LogP contribution is -2.09. The van der Waals surface area contributed by atoms with E-state index in [1.165, 1.54) is 47.9 Å². The zero-order valence-corrected chi connectivity index (χ0v) is 15.2. The molecule has 2 nitrogen and oxygen atoms in total. The Morgan fingerprint density at radius 2 is 1.52 bits per heavy atom. The van der Waals surface area contributed by atoms with Crippen molar-refractivity contribution in [2.45, 2.75) is 25.7 Å². The van der Waals surface area contributed by atoms with Gasteiger partial charge in [-0.15, -0.1) is 0 Å². The summed E-state index contributed by atoms with van der Waals surface area (Å²) in [6.45, 7) is 0. The van der Waals surface area contributed by atoms with Gasteiger partial charge in [0, 0.05) is 0 Å². The Balaban J connectivity index is 0.000000170. The molecule has 0 unspecified atom stereocenters. The standard InChI is InChI=1S/C18H16.C7H6O2/c1-3-7-15-13(5-1)9-11-18-16-8-4-2-6-14(16)10-12-17(15)18;8-7(9)6-4-2-1-3-5-6/h1-3,5-7,10,12H,4,8-9,11H2;1-5H,(H,8,9). The third-order valence-corrected chi connectivity index (χ3v) is 5.30. The van der Waals surface area contributed by atoms with E-state index in [2.05, 4.69) is 48.6 Å². The molecule has 0 aliphatic heterocycles. The van der Waals surface area contributed by atoms with E-state index in [1.54, 1.807) is 41.5 Å². The highest BCUT2D eigenvalue weighted by Crippen LogP contribution is 2.38. The van der Waals surface area contributed by atoms with E-state index in [0.717, 1.165) is 0 Å². The van der Waals surface area contributed by atoms with Crippen LogP contribution >= 0.6 is 0 Å². The van der Waals surface area contributed by atoms with Gasteiger partial charge in [-0.25, -0.2) is 4.79 Å². The molecule has 0 saturated heterocycles. The van der Waals surface area contributed by atoms with Crippen LogP contribution in [0.2, 0.25) is 0 Å². The molecule has 0 amide bonds. The molecular weight excluding hydrogens is 332 g/mol. The molecule has 2 aliphatic rings. The minimum Gasteiger partial charge on any atom is -0.478 e. The predicted molar refractivity (Wildman–Crippen MR) is 110 cm³/mol. The number of carboxylic acid groups (broad SMARTS) is 1. The summed E-state index contributed by atoms with van der Waals surface area (Å²) in [6, 6.07) is 21.8. The second-order valence-electron chi connectivity index (χ2n) is 6.93. The molecule has 1 N–H and O–H groups in total. The lowest BCUT2D eigenvalue weighted by molar-refractivity contribution is 0.0697. The second-order valence-corrected chi connectivity index (χ2v) is 6.93. The van der Waals surface area contributed by atoms with Crippen molar-refractivity contribution in [3.05, 3.63) is 101 Å². The summed E-state index contributed by atoms with van der Waals surface area (Å²) >= 11 is 0. The molecule has 0 bridgehead atoms. The van der Waals surface area contributed by atoms with Crippen molar-refractivity contribution < 1.29 is 9.90 Å². The van der Waals surface area contributed by atoms with E-state index < -0.39 is 5.97 Å². The van der Waals surface area contributed by atoms with Crippen molar-refractivity contribution in [2.24, 2.45) is 0 Å². The second kappa shape index (κ2) is 7.63. The van der Waals surface area contributed by atoms with E-state index in [-0.39, 0.29) is 0 Å². The molecule has 3 aromatic carbocycles. The van der Waals surface area contributed by atoms with Crippen molar-refractivity contribution in [2.75, 3.05) is 0 Å². The van der Waals surface area contributed by atoms with Gasteiger partial charge in [0.1, 0.15) is 0 Å². The van der Waals surface area contributed by atoms with Crippen molar-refractivity contribution in [3.8, 4) is 11.1 Å². The van der Waals surface area contributed by atoms with Gasteiger partial charge < -0.3 is 5.11 Å². The largest absolute Gasteiger partial charge is 0.478 e. The maximum atomic E-state index is 10.2. The Morgan fingerprint density at radius 3 is 2.30 bits per heavy atom. The maximum Gasteiger partial charge on any atom is 0.335 e. The zero-order valence-electron chi connectivity index (χ0n) is 15.2. The van der Waals surface area contributed by atoms with Crippen LogP contribution in [-0.2, 0) is 19.3 Å². The number of allylic oxidation sites excluding steroid dienone is 1. The number of aromatic carboxylic acids is 1. The third-order valence-electron chi connectivity index (χ3n) is 5.30. The molecule has 0 fully saturated rings. The first-order valence-corrected chi connectivity index (χ1v) is 9.42. The van der Waals surface area contributed by atoms with E-state index in [9.17, 15) is 4.79 Å². The highest BCUT2D eigenvalue weighted by Gasteiger charge is 2.20. The molecule has 2 heteroatoms. The summed E-state index contributed by atoms with van der Waals surface area (Å²) in [5.41, 5.74) is 9.43. The van der Waals surface area contributed by atoms with E-state index >= 15 is 0 Å². The third kappa shape index (κ3) is 3.56. The quantitative estimate of drug-likeness (QED) is 0.600. The first kappa shape index (κ1) is 17.3. The van der Waals surface area contributed by atoms with E-state index in [0.29, 0.717) is 5.56 Å². The molecule has 0 heterocycles. The minimum absolute atomic E-state index is 0.331. The average molecular weight is 354 g/mol. The molecule has 27 heavy (non-hydrogen) atoms. The summed E-state index contributed by atoms with van der Waals surface area (Å²) in [5.74, 6) is -0.879. The van der Waals surface area contributed by atoms with Gasteiger partial charge in [0.05, 0.1) is 5.56 Å². The minimum atomic E-state index is -0.879. The van der Waals surface area contributed by atoms with Crippen molar-refractivity contribution >= 4 is 12.0 Å². The van der Waals surface area contributed by atoms with E-state index in [1.807, 2.05) is 0 Å². The Bertz CT molecular complexity index is 1000. The van der Waals surface area contributed by atoms with Crippen LogP contribution in [-0.4, -0.2) is 11.1 Å². The number of rotatable bonds is 1. The molecule has 3 aromatic rings. The number of hydrogen-bond donors (Lipinski definition) is 1. The van der Waals surface area contributed by atoms with Crippen LogP contribution in [0.15, 0.2) is 72.8 Å². The van der Waals surface area contributed by atoms with Crippen LogP contribution in [0.25, 0.3) is 17.2 Å². The first-order chi connectivity index (χ1) is 13.2. The average Bonchev–Trinajstić information content (AvgIpc) is 2.74. The summed E-state index contributed by atoms with van der Waals surface area (Å²) in [5, 5.41) is 8.38. The number of benzene rings is 3. The lowest BCUT2D eigenvalue weighted by atomic mass is 9.80. The first-order valence-electron chi connectivity index (χ1n) is 9.42. The molecular formula is C25H22O2. The molecule has 0 atom stereocenters. The molecule has 0 spiro atoms. The van der Waals surface area contributed by atoms with Gasteiger partial charge in [-0.2, -0.15) is 0 Å². The molecule has 0 saturated carbocycles. The smallest absolute Gasteiger partial charge is 0.335 e. The Kier molecular flexibility index (Phi) is 4.88. The number of aryl methyl sites for hydroxylation is 1. The number of fused-ring (bicyclic) bond motifs is 5. The lowest BCUT2D eigenvalue weighted by Gasteiger charge is -2.25. The van der Waals surface area contributed by atoms with Gasteiger partial charge in [-0.3, -0.25) is 0 Å². The normalized spacial score (nSPS) is 13.5. The van der Waals surface area contributed by atoms with Gasteiger partial charge in [-0.1, -0.05) is 66.7 Å². The maximum absolute atomic E-state index is 10.2. The fourth-order valence-electron chi connectivity index (χ4n) is 3.98. The monoisotopic (exact) mass is 354 g/mol. The molecule has 0 aromatic heterocycles. The van der Waals surface area contributed by atoms with Crippen LogP contribution < -0.4 is 0 Å². The van der Waals surface area contributed by atoms with E-state index in [4.69, 9.17) is 5.11 Å². The summed E-state index contributed by atoms with van der Waals surface area (Å²) in [7, 11) is 0. The Hall–Kier alpha value is -3.13. The fraction of sp³-hybridized carbons (Fsp3) is 0.160. The van der Waals surface area contributed by atoms with Gasteiger partial charge in [0.25, 0.3) is 0 Å². The van der Waals surface area contributed by atoms with Gasteiger partial charge >= 0.3 is 5.97 Å². The Labute approximate surface area is 159 Å². The van der Waals surface area contributed by atoms with Crippen molar-refractivity contribution in [3.63, 3.8) is 0 Å². The zero-order chi connectivity index (χ0) is 18.6. The highest BCUT2D eigenvalue weighted by molar-refractivity contribution is 5.87. The van der Waals surface area contributed by atoms with Gasteiger partial charge in [-0.05, 0) is 71.2 Å². The molecule has 0 radical (unpaired) electrons. The fourth-order valence-corrected chi connectivity index (χ4v) is 3.98. The van der Waals surface area contributed by atoms with Crippen LogP contribution in [0.3, 0.4) is 0 Å². The highest BCUT2D eigenvalue weighted by atomic mass is 16.4. The van der Waals surface area contributed by atoms with Crippen LogP contribution in [0.4, 0.5) is 0 Å². The summed E-state index contributed by atoms with van der Waals surface area (Å²) in [6.07, 6.45) is 9.42. The summed E-state index contributed by atoms with van der Waals surface area (Å²) < 4.78 is 0. The number of carbonyl (C=O) groups is 1.